The second-order valence-corrected chi connectivity index (χ2v) is 9.84. The van der Waals surface area contributed by atoms with Gasteiger partial charge in [-0.2, -0.15) is 0 Å². The average Bonchev–Trinajstić information content (AvgIpc) is 3.48. The number of hydrogen-bond acceptors (Lipinski definition) is 5. The van der Waals surface area contributed by atoms with Gasteiger partial charge in [-0.05, 0) is 91.0 Å². The average molecular weight is 519 g/mol. The van der Waals surface area contributed by atoms with Crippen molar-refractivity contribution in [2.45, 2.75) is 65.8 Å². The number of nitrogens with one attached hydrogen (secondary N) is 2. The van der Waals surface area contributed by atoms with Crippen molar-refractivity contribution >= 4 is 28.0 Å². The maximum atomic E-state index is 13.0. The van der Waals surface area contributed by atoms with Crippen LogP contribution in [0.1, 0.15) is 62.2 Å². The van der Waals surface area contributed by atoms with E-state index in [1.54, 1.807) is 0 Å². The Morgan fingerprint density at radius 3 is 1.55 bits per heavy atom. The van der Waals surface area contributed by atoms with E-state index in [1.165, 1.54) is 11.1 Å². The summed E-state index contributed by atoms with van der Waals surface area (Å²) in [5.41, 5.74) is 6.84. The van der Waals surface area contributed by atoms with Gasteiger partial charge < -0.3 is 29.2 Å². The molecule has 0 bridgehead atoms. The van der Waals surface area contributed by atoms with Crippen LogP contribution in [-0.2, 0) is 35.4 Å². The third kappa shape index (κ3) is 5.59. The van der Waals surface area contributed by atoms with Crippen LogP contribution >= 0.6 is 0 Å². The molecule has 2 heterocycles. The Balaban J connectivity index is 1.57. The lowest BCUT2D eigenvalue weighted by molar-refractivity contribution is 0.00694. The molecule has 2 N–H and O–H groups in total. The molecule has 7 nitrogen and oxygen atoms in total. The van der Waals surface area contributed by atoms with E-state index in [9.17, 15) is 4.79 Å². The largest absolute Gasteiger partial charge is 0.509 e. The Kier molecular flexibility index (Phi) is 9.13. The molecule has 0 spiro atoms. The maximum Gasteiger partial charge on any atom is 0.509 e. The Morgan fingerprint density at radius 1 is 0.763 bits per heavy atom. The van der Waals surface area contributed by atoms with Crippen LogP contribution in [0.2, 0.25) is 0 Å². The highest BCUT2D eigenvalue weighted by atomic mass is 16.7. The molecule has 0 radical (unpaired) electrons. The van der Waals surface area contributed by atoms with Crippen LogP contribution in [0.25, 0.3) is 21.8 Å². The quantitative estimate of drug-likeness (QED) is 0.221. The lowest BCUT2D eigenvalue weighted by Gasteiger charge is -2.19. The lowest BCUT2D eigenvalue weighted by atomic mass is 10.0. The summed E-state index contributed by atoms with van der Waals surface area (Å²) >= 11 is 0. The van der Waals surface area contributed by atoms with Crippen molar-refractivity contribution in [3.05, 3.63) is 71.0 Å². The molecule has 0 aliphatic heterocycles. The minimum atomic E-state index is -0.655. The van der Waals surface area contributed by atoms with E-state index >= 15 is 0 Å². The Morgan fingerprint density at radius 2 is 1.18 bits per heavy atom. The Bertz CT molecular complexity index is 1280. The van der Waals surface area contributed by atoms with Crippen LogP contribution in [0.5, 0.6) is 0 Å². The molecule has 4 aromatic rings. The third-order valence-corrected chi connectivity index (χ3v) is 7.43. The highest BCUT2D eigenvalue weighted by Gasteiger charge is 2.23. The summed E-state index contributed by atoms with van der Waals surface area (Å²) < 4.78 is 16.3. The molecule has 7 heteroatoms. The molecule has 0 saturated carbocycles. The molecule has 0 saturated heterocycles. The van der Waals surface area contributed by atoms with E-state index in [0.717, 1.165) is 72.0 Å². The first-order valence-electron chi connectivity index (χ1n) is 13.8. The first kappa shape index (κ1) is 27.7. The summed E-state index contributed by atoms with van der Waals surface area (Å²) in [6.07, 6.45) is 4.70. The SMILES string of the molecule is CCn1cc(CCNC)c2c(C(C)OC(=O)OC(C)c3cccc4c3c(CCNC)cn4CC)cccc21. The van der Waals surface area contributed by atoms with E-state index in [1.807, 2.05) is 40.1 Å². The van der Waals surface area contributed by atoms with Crippen LogP contribution in [0.4, 0.5) is 4.79 Å². The van der Waals surface area contributed by atoms with Gasteiger partial charge in [0.1, 0.15) is 12.2 Å². The van der Waals surface area contributed by atoms with Crippen molar-refractivity contribution in [2.75, 3.05) is 27.2 Å². The predicted octanol–water partition coefficient (Wildman–Crippen LogP) is 6.14. The highest BCUT2D eigenvalue weighted by Crippen LogP contribution is 2.34. The standard InChI is InChI=1S/C31H42N4O3/c1-7-34-19-23(15-17-32-5)29-25(11-9-13-27(29)34)21(3)37-31(36)38-22(4)26-12-10-14-28-30(26)24(16-18-33-6)20-35(28)8-2/h9-14,19-22,32-33H,7-8,15-18H2,1-6H3. The number of aromatic nitrogens is 2. The van der Waals surface area contributed by atoms with E-state index < -0.39 is 18.4 Å². The molecule has 2 aromatic heterocycles. The maximum absolute atomic E-state index is 13.0. The minimum Gasteiger partial charge on any atom is -0.426 e. The smallest absolute Gasteiger partial charge is 0.426 e. The number of carbonyl (C=O) groups excluding carboxylic acids is 1. The van der Waals surface area contributed by atoms with Gasteiger partial charge in [0, 0.05) is 58.4 Å². The molecule has 2 atom stereocenters. The molecule has 4 rings (SSSR count). The monoisotopic (exact) mass is 518 g/mol. The number of ether oxygens (including phenoxy) is 2. The molecule has 38 heavy (non-hydrogen) atoms. The van der Waals surface area contributed by atoms with Gasteiger partial charge in [-0.3, -0.25) is 0 Å². The summed E-state index contributed by atoms with van der Waals surface area (Å²) in [5, 5.41) is 8.81. The molecular weight excluding hydrogens is 476 g/mol. The number of hydrogen-bond donors (Lipinski definition) is 2. The lowest BCUT2D eigenvalue weighted by Crippen LogP contribution is -2.14. The van der Waals surface area contributed by atoms with Crippen molar-refractivity contribution in [3.8, 4) is 0 Å². The molecule has 2 unspecified atom stereocenters. The van der Waals surface area contributed by atoms with Gasteiger partial charge in [0.2, 0.25) is 0 Å². The Labute approximate surface area is 226 Å². The number of aryl methyl sites for hydroxylation is 2. The molecule has 0 aliphatic rings. The second-order valence-electron chi connectivity index (χ2n) is 9.84. The summed E-state index contributed by atoms with van der Waals surface area (Å²) in [6, 6.07) is 12.4. The number of benzene rings is 2. The molecule has 0 fully saturated rings. The van der Waals surface area contributed by atoms with Gasteiger partial charge in [-0.25, -0.2) is 4.79 Å². The van der Waals surface area contributed by atoms with Crippen LogP contribution < -0.4 is 10.6 Å². The fourth-order valence-corrected chi connectivity index (χ4v) is 5.48. The molecule has 2 aromatic carbocycles. The van der Waals surface area contributed by atoms with Gasteiger partial charge in [0.05, 0.1) is 0 Å². The zero-order valence-electron chi connectivity index (χ0n) is 23.6. The van der Waals surface area contributed by atoms with Gasteiger partial charge in [0.15, 0.2) is 0 Å². The summed E-state index contributed by atoms with van der Waals surface area (Å²) in [5.74, 6) is 0. The summed E-state index contributed by atoms with van der Waals surface area (Å²) in [7, 11) is 3.92. The van der Waals surface area contributed by atoms with Crippen molar-refractivity contribution < 1.29 is 14.3 Å². The van der Waals surface area contributed by atoms with E-state index in [2.05, 4.69) is 70.3 Å². The van der Waals surface area contributed by atoms with E-state index in [-0.39, 0.29) is 0 Å². The Hall–Kier alpha value is -3.29. The minimum absolute atomic E-state index is 0.442. The molecule has 0 amide bonds. The van der Waals surface area contributed by atoms with Crippen LogP contribution in [0, 0.1) is 0 Å². The predicted molar refractivity (Wildman–Crippen MR) is 155 cm³/mol. The fourth-order valence-electron chi connectivity index (χ4n) is 5.48. The molecule has 0 aliphatic carbocycles. The second kappa shape index (κ2) is 12.5. The van der Waals surface area contributed by atoms with Gasteiger partial charge in [0.25, 0.3) is 0 Å². The normalized spacial score (nSPS) is 13.2. The van der Waals surface area contributed by atoms with Crippen molar-refractivity contribution in [3.63, 3.8) is 0 Å². The number of likely N-dealkylation sites (N-methyl/N-ethyl adjacent to an activating group) is 2. The number of fused-ring (bicyclic) bond motifs is 2. The summed E-state index contributed by atoms with van der Waals surface area (Å²) in [4.78, 5) is 13.0. The van der Waals surface area contributed by atoms with Gasteiger partial charge >= 0.3 is 6.16 Å². The van der Waals surface area contributed by atoms with Crippen LogP contribution in [0.3, 0.4) is 0 Å². The molecular formula is C31H42N4O3. The highest BCUT2D eigenvalue weighted by molar-refractivity contribution is 5.89. The summed E-state index contributed by atoms with van der Waals surface area (Å²) in [6.45, 7) is 11.7. The van der Waals surface area contributed by atoms with Crippen molar-refractivity contribution in [1.29, 1.82) is 0 Å². The zero-order chi connectivity index (χ0) is 27.2. The first-order valence-corrected chi connectivity index (χ1v) is 13.8. The van der Waals surface area contributed by atoms with Gasteiger partial charge in [-0.1, -0.05) is 24.3 Å². The van der Waals surface area contributed by atoms with Crippen LogP contribution in [-0.4, -0.2) is 42.5 Å². The topological polar surface area (TPSA) is 69.5 Å². The zero-order valence-corrected chi connectivity index (χ0v) is 23.6. The number of rotatable bonds is 12. The van der Waals surface area contributed by atoms with Crippen molar-refractivity contribution in [1.82, 2.24) is 19.8 Å². The fraction of sp³-hybridized carbons (Fsp3) is 0.452. The molecule has 204 valence electrons. The van der Waals surface area contributed by atoms with Crippen molar-refractivity contribution in [2.24, 2.45) is 0 Å². The third-order valence-electron chi connectivity index (χ3n) is 7.43. The van der Waals surface area contributed by atoms with E-state index in [0.29, 0.717) is 0 Å². The van der Waals surface area contributed by atoms with Crippen LogP contribution in [0.15, 0.2) is 48.8 Å². The number of nitrogens with zero attached hydrogens (tertiary/aromatic N) is 2. The first-order chi connectivity index (χ1) is 18.4. The number of carbonyl (C=O) groups is 1. The van der Waals surface area contributed by atoms with E-state index in [4.69, 9.17) is 9.47 Å². The van der Waals surface area contributed by atoms with Gasteiger partial charge in [-0.15, -0.1) is 0 Å².